The highest BCUT2D eigenvalue weighted by atomic mass is 35.5. The number of carbonyl (C=O) groups excluding carboxylic acids is 1. The number of aromatic nitrogens is 1. The molecule has 4 nitrogen and oxygen atoms in total. The van der Waals surface area contributed by atoms with Crippen molar-refractivity contribution in [2.24, 2.45) is 0 Å². The van der Waals surface area contributed by atoms with Gasteiger partial charge in [-0.05, 0) is 54.7 Å². The third-order valence-corrected chi connectivity index (χ3v) is 5.27. The van der Waals surface area contributed by atoms with Gasteiger partial charge in [0.1, 0.15) is 5.75 Å². The van der Waals surface area contributed by atoms with E-state index in [-0.39, 0.29) is 11.9 Å². The summed E-state index contributed by atoms with van der Waals surface area (Å²) in [6, 6.07) is 13.7. The van der Waals surface area contributed by atoms with E-state index in [4.69, 9.17) is 16.3 Å². The molecule has 2 aromatic carbocycles. The number of amides is 1. The Morgan fingerprint density at radius 2 is 2.08 bits per heavy atom. The van der Waals surface area contributed by atoms with E-state index in [0.29, 0.717) is 6.42 Å². The molecule has 1 aliphatic carbocycles. The van der Waals surface area contributed by atoms with Gasteiger partial charge in [0.25, 0.3) is 0 Å². The number of fused-ring (bicyclic) bond motifs is 3. The quantitative estimate of drug-likeness (QED) is 0.730. The topological polar surface area (TPSA) is 54.1 Å². The fourth-order valence-corrected chi connectivity index (χ4v) is 3.90. The molecule has 0 saturated carbocycles. The van der Waals surface area contributed by atoms with Crippen LogP contribution in [0.1, 0.15) is 23.2 Å². The molecule has 4 rings (SSSR count). The van der Waals surface area contributed by atoms with Crippen LogP contribution in [-0.2, 0) is 24.1 Å². The van der Waals surface area contributed by atoms with Crippen molar-refractivity contribution in [2.75, 3.05) is 7.11 Å². The first-order chi connectivity index (χ1) is 12.6. The van der Waals surface area contributed by atoms with Gasteiger partial charge in [0.2, 0.25) is 5.91 Å². The first kappa shape index (κ1) is 17.0. The molecule has 1 amide bonds. The van der Waals surface area contributed by atoms with E-state index in [1.54, 1.807) is 7.11 Å². The summed E-state index contributed by atoms with van der Waals surface area (Å²) in [5, 5.41) is 5.14. The molecule has 0 bridgehead atoms. The van der Waals surface area contributed by atoms with E-state index < -0.39 is 0 Å². The number of aromatic amines is 1. The van der Waals surface area contributed by atoms with Crippen LogP contribution in [0.3, 0.4) is 0 Å². The predicted molar refractivity (Wildman–Crippen MR) is 104 cm³/mol. The molecule has 134 valence electrons. The van der Waals surface area contributed by atoms with Crippen LogP contribution >= 0.6 is 11.6 Å². The van der Waals surface area contributed by atoms with Crippen LogP contribution < -0.4 is 10.1 Å². The van der Waals surface area contributed by atoms with Gasteiger partial charge in [0.05, 0.1) is 13.5 Å². The molecule has 1 heterocycles. The summed E-state index contributed by atoms with van der Waals surface area (Å²) >= 11 is 6.09. The molecule has 2 N–H and O–H groups in total. The van der Waals surface area contributed by atoms with Crippen molar-refractivity contribution < 1.29 is 9.53 Å². The van der Waals surface area contributed by atoms with Crippen molar-refractivity contribution in [3.05, 3.63) is 64.3 Å². The molecular weight excluding hydrogens is 348 g/mol. The average Bonchev–Trinajstić information content (AvgIpc) is 2.99. The zero-order chi connectivity index (χ0) is 18.1. The van der Waals surface area contributed by atoms with Crippen molar-refractivity contribution in [3.8, 4) is 5.75 Å². The number of benzene rings is 2. The number of rotatable bonds is 4. The van der Waals surface area contributed by atoms with E-state index in [0.717, 1.165) is 41.1 Å². The van der Waals surface area contributed by atoms with Crippen molar-refractivity contribution in [3.63, 3.8) is 0 Å². The van der Waals surface area contributed by atoms with Crippen molar-refractivity contribution >= 4 is 28.4 Å². The zero-order valence-electron chi connectivity index (χ0n) is 14.6. The molecule has 0 spiro atoms. The van der Waals surface area contributed by atoms with Crippen LogP contribution in [0.15, 0.2) is 42.5 Å². The van der Waals surface area contributed by atoms with Gasteiger partial charge in [-0.3, -0.25) is 4.79 Å². The van der Waals surface area contributed by atoms with E-state index in [1.165, 1.54) is 16.6 Å². The minimum atomic E-state index is 0.0616. The van der Waals surface area contributed by atoms with Gasteiger partial charge in [-0.15, -0.1) is 0 Å². The third-order valence-electron chi connectivity index (χ3n) is 5.04. The molecular formula is C21H21ClN2O2. The smallest absolute Gasteiger partial charge is 0.224 e. The Labute approximate surface area is 157 Å². The summed E-state index contributed by atoms with van der Waals surface area (Å²) < 4.78 is 5.15. The lowest BCUT2D eigenvalue weighted by Gasteiger charge is -2.23. The second kappa shape index (κ2) is 7.04. The van der Waals surface area contributed by atoms with Gasteiger partial charge in [-0.25, -0.2) is 0 Å². The molecule has 0 radical (unpaired) electrons. The Hall–Kier alpha value is -2.46. The molecule has 1 aromatic heterocycles. The van der Waals surface area contributed by atoms with E-state index >= 15 is 0 Å². The van der Waals surface area contributed by atoms with Crippen LogP contribution in [0, 0.1) is 0 Å². The normalized spacial score (nSPS) is 16.3. The maximum Gasteiger partial charge on any atom is 0.224 e. The van der Waals surface area contributed by atoms with Crippen molar-refractivity contribution in [2.45, 2.75) is 31.7 Å². The number of hydrogen-bond donors (Lipinski definition) is 2. The molecule has 3 aromatic rings. The maximum absolute atomic E-state index is 12.4. The molecule has 1 atom stereocenters. The van der Waals surface area contributed by atoms with Crippen LogP contribution in [-0.4, -0.2) is 24.0 Å². The Balaban J connectivity index is 1.43. The van der Waals surface area contributed by atoms with E-state index in [1.807, 2.05) is 36.4 Å². The van der Waals surface area contributed by atoms with Crippen LogP contribution in [0.25, 0.3) is 10.9 Å². The van der Waals surface area contributed by atoms with Gasteiger partial charge < -0.3 is 15.0 Å². The lowest BCUT2D eigenvalue weighted by atomic mass is 9.91. The molecule has 26 heavy (non-hydrogen) atoms. The lowest BCUT2D eigenvalue weighted by molar-refractivity contribution is -0.121. The Bertz CT molecular complexity index is 947. The first-order valence-corrected chi connectivity index (χ1v) is 9.21. The van der Waals surface area contributed by atoms with Gasteiger partial charge in [-0.2, -0.15) is 0 Å². The van der Waals surface area contributed by atoms with Crippen LogP contribution in [0.5, 0.6) is 5.75 Å². The molecule has 0 saturated heterocycles. The number of ether oxygens (including phenoxy) is 1. The Kier molecular flexibility index (Phi) is 4.60. The van der Waals surface area contributed by atoms with Crippen molar-refractivity contribution in [1.82, 2.24) is 10.3 Å². The predicted octanol–water partition coefficient (Wildman–Crippen LogP) is 4.05. The van der Waals surface area contributed by atoms with Gasteiger partial charge in [0, 0.05) is 27.7 Å². The van der Waals surface area contributed by atoms with Crippen LogP contribution in [0.2, 0.25) is 5.02 Å². The summed E-state index contributed by atoms with van der Waals surface area (Å²) in [4.78, 5) is 15.9. The van der Waals surface area contributed by atoms with Crippen LogP contribution in [0.4, 0.5) is 0 Å². The highest BCUT2D eigenvalue weighted by Gasteiger charge is 2.23. The Morgan fingerprint density at radius 1 is 1.27 bits per heavy atom. The number of H-pyrrole nitrogens is 1. The monoisotopic (exact) mass is 368 g/mol. The lowest BCUT2D eigenvalue weighted by Crippen LogP contribution is -2.39. The number of halogens is 1. The number of methoxy groups -OCH3 is 1. The average molecular weight is 369 g/mol. The maximum atomic E-state index is 12.4. The fraction of sp³-hybridized carbons (Fsp3) is 0.286. The highest BCUT2D eigenvalue weighted by molar-refractivity contribution is 6.31. The minimum Gasteiger partial charge on any atom is -0.497 e. The number of carbonyl (C=O) groups is 1. The zero-order valence-corrected chi connectivity index (χ0v) is 15.4. The summed E-state index contributed by atoms with van der Waals surface area (Å²) in [5.41, 5.74) is 4.63. The van der Waals surface area contributed by atoms with E-state index in [2.05, 4.69) is 16.4 Å². The number of nitrogens with one attached hydrogen (secondary N) is 2. The van der Waals surface area contributed by atoms with Crippen molar-refractivity contribution in [1.29, 1.82) is 0 Å². The summed E-state index contributed by atoms with van der Waals surface area (Å²) in [5.74, 6) is 0.861. The van der Waals surface area contributed by atoms with Gasteiger partial charge in [0.15, 0.2) is 0 Å². The largest absolute Gasteiger partial charge is 0.497 e. The van der Waals surface area contributed by atoms with Gasteiger partial charge >= 0.3 is 0 Å². The summed E-state index contributed by atoms with van der Waals surface area (Å²) in [7, 11) is 1.64. The second-order valence-electron chi connectivity index (χ2n) is 6.80. The highest BCUT2D eigenvalue weighted by Crippen LogP contribution is 2.30. The Morgan fingerprint density at radius 3 is 2.85 bits per heavy atom. The first-order valence-electron chi connectivity index (χ1n) is 8.83. The molecule has 1 unspecified atom stereocenters. The molecule has 1 aliphatic rings. The standard InChI is InChI=1S/C21H21ClN2O2/c1-26-16-6-2-13(3-7-16)10-21(25)23-15-5-9-19-18(12-15)17-8-4-14(22)11-20(17)24-19/h2-4,6-8,11,15,24H,5,9-10,12H2,1H3,(H,23,25). The van der Waals surface area contributed by atoms with Gasteiger partial charge in [-0.1, -0.05) is 29.8 Å². The molecule has 0 aliphatic heterocycles. The third kappa shape index (κ3) is 3.42. The number of aryl methyl sites for hydroxylation is 1. The second-order valence-corrected chi connectivity index (χ2v) is 7.24. The molecule has 5 heteroatoms. The number of hydrogen-bond acceptors (Lipinski definition) is 2. The molecule has 0 fully saturated rings. The fourth-order valence-electron chi connectivity index (χ4n) is 3.73. The SMILES string of the molecule is COc1ccc(CC(=O)NC2CCc3[nH]c4cc(Cl)ccc4c3C2)cc1. The summed E-state index contributed by atoms with van der Waals surface area (Å²) in [6.45, 7) is 0. The summed E-state index contributed by atoms with van der Waals surface area (Å²) in [6.07, 6.45) is 3.12. The minimum absolute atomic E-state index is 0.0616. The van der Waals surface area contributed by atoms with E-state index in [9.17, 15) is 4.79 Å².